The Labute approximate surface area is 192 Å². The third-order valence-corrected chi connectivity index (χ3v) is 5.78. The number of carbonyl (C=O) groups is 1. The van der Waals surface area contributed by atoms with Crippen molar-refractivity contribution in [2.24, 2.45) is 5.73 Å². The number of H-pyrrole nitrogens is 1. The van der Waals surface area contributed by atoms with Gasteiger partial charge in [-0.3, -0.25) is 4.79 Å². The number of hydrogen-bond acceptors (Lipinski definition) is 4. The molecule has 164 valence electrons. The number of aryl methyl sites for hydroxylation is 1. The molecule has 0 atom stereocenters. The summed E-state index contributed by atoms with van der Waals surface area (Å²) < 4.78 is 0. The highest BCUT2D eigenvalue weighted by atomic mass is 16.2. The second-order valence-corrected chi connectivity index (χ2v) is 8.00. The second-order valence-electron chi connectivity index (χ2n) is 8.00. The molecule has 0 fully saturated rings. The lowest BCUT2D eigenvalue weighted by molar-refractivity contribution is -0.110. The molecule has 0 radical (unpaired) electrons. The summed E-state index contributed by atoms with van der Waals surface area (Å²) in [6.45, 7) is 0.670. The van der Waals surface area contributed by atoms with Gasteiger partial charge in [0, 0.05) is 28.7 Å². The molecule has 1 aliphatic rings. The molecule has 0 aliphatic carbocycles. The molecule has 5 N–H and O–H groups in total. The fourth-order valence-corrected chi connectivity index (χ4v) is 4.08. The van der Waals surface area contributed by atoms with Crippen molar-refractivity contribution in [1.82, 2.24) is 9.97 Å². The number of hydrogen-bond donors (Lipinski definition) is 4. The lowest BCUT2D eigenvalue weighted by Gasteiger charge is -2.15. The molecule has 0 saturated carbocycles. The zero-order valence-corrected chi connectivity index (χ0v) is 18.1. The zero-order chi connectivity index (χ0) is 22.6. The fraction of sp³-hybridized carbons (Fsp3) is 0.111. The van der Waals surface area contributed by atoms with E-state index in [-0.39, 0.29) is 5.91 Å². The highest BCUT2D eigenvalue weighted by Crippen LogP contribution is 2.37. The van der Waals surface area contributed by atoms with Crippen molar-refractivity contribution in [2.45, 2.75) is 12.8 Å². The Balaban J connectivity index is 1.54. The molecule has 6 nitrogen and oxygen atoms in total. The highest BCUT2D eigenvalue weighted by Gasteiger charge is 2.28. The first-order chi connectivity index (χ1) is 16.2. The molecule has 33 heavy (non-hydrogen) atoms. The van der Waals surface area contributed by atoms with Crippen LogP contribution in [0.1, 0.15) is 23.1 Å². The molecule has 6 heteroatoms. The van der Waals surface area contributed by atoms with Gasteiger partial charge in [0.25, 0.3) is 5.91 Å². The van der Waals surface area contributed by atoms with Gasteiger partial charge in [-0.2, -0.15) is 0 Å². The molecule has 3 aromatic carbocycles. The Kier molecular flexibility index (Phi) is 5.74. The third kappa shape index (κ3) is 4.29. The number of aromatic nitrogens is 2. The van der Waals surface area contributed by atoms with Crippen molar-refractivity contribution in [1.29, 1.82) is 0 Å². The van der Waals surface area contributed by atoms with Crippen LogP contribution in [-0.2, 0) is 11.2 Å². The topological polar surface area (TPSA) is 95.8 Å². The van der Waals surface area contributed by atoms with Crippen LogP contribution in [0.15, 0.2) is 85.3 Å². The lowest BCUT2D eigenvalue weighted by Crippen LogP contribution is -2.10. The number of fused-ring (bicyclic) bond motifs is 1. The van der Waals surface area contributed by atoms with Crippen LogP contribution in [0.2, 0.25) is 0 Å². The van der Waals surface area contributed by atoms with E-state index in [2.05, 4.69) is 44.9 Å². The standard InChI is InChI=1S/C27H25N5O/c28-15-3-4-18-7-9-20(10-8-18)26(25-22-5-1-2-6-23(22)32-27(25)33)31-21-13-11-19(12-14-21)24-16-29-17-30-24/h1-2,5-14,16-17,31H,3-4,15,28H2,(H,29,30)(H,32,33). The minimum absolute atomic E-state index is 0.112. The maximum absolute atomic E-state index is 13.0. The average molecular weight is 436 g/mol. The number of nitrogens with one attached hydrogen (secondary N) is 3. The molecular formula is C27H25N5O. The predicted molar refractivity (Wildman–Crippen MR) is 133 cm³/mol. The minimum atomic E-state index is -0.112. The monoisotopic (exact) mass is 435 g/mol. The van der Waals surface area contributed by atoms with Gasteiger partial charge >= 0.3 is 0 Å². The number of anilines is 2. The van der Waals surface area contributed by atoms with Gasteiger partial charge in [0.1, 0.15) is 0 Å². The SMILES string of the molecule is NCCCc1ccc(C(Nc2ccc(-c3c[nH]cn3)cc2)=C2C(=O)Nc3ccccc32)cc1. The van der Waals surface area contributed by atoms with Crippen molar-refractivity contribution >= 4 is 28.6 Å². The van der Waals surface area contributed by atoms with Crippen LogP contribution in [-0.4, -0.2) is 22.4 Å². The molecule has 5 rings (SSSR count). The van der Waals surface area contributed by atoms with Gasteiger partial charge in [-0.15, -0.1) is 0 Å². The number of carbonyl (C=O) groups excluding carboxylic acids is 1. The third-order valence-electron chi connectivity index (χ3n) is 5.78. The van der Waals surface area contributed by atoms with Crippen LogP contribution in [0.3, 0.4) is 0 Å². The Morgan fingerprint density at radius 1 is 0.970 bits per heavy atom. The van der Waals surface area contributed by atoms with Crippen LogP contribution < -0.4 is 16.4 Å². The van der Waals surface area contributed by atoms with Crippen LogP contribution in [0.25, 0.3) is 22.5 Å². The number of benzene rings is 3. The molecule has 0 bridgehead atoms. The van der Waals surface area contributed by atoms with E-state index in [0.717, 1.165) is 52.3 Å². The van der Waals surface area contributed by atoms with Crippen molar-refractivity contribution in [2.75, 3.05) is 17.2 Å². The van der Waals surface area contributed by atoms with E-state index >= 15 is 0 Å². The van der Waals surface area contributed by atoms with Crippen molar-refractivity contribution in [3.8, 4) is 11.3 Å². The maximum Gasteiger partial charge on any atom is 0.258 e. The van der Waals surface area contributed by atoms with Crippen LogP contribution in [0, 0.1) is 0 Å². The molecule has 2 heterocycles. The van der Waals surface area contributed by atoms with E-state index in [1.165, 1.54) is 5.56 Å². The number of imidazole rings is 1. The molecule has 1 amide bonds. The predicted octanol–water partition coefficient (Wildman–Crippen LogP) is 4.90. The molecular weight excluding hydrogens is 410 g/mol. The number of nitrogens with zero attached hydrogens (tertiary/aromatic N) is 1. The van der Waals surface area contributed by atoms with Gasteiger partial charge in [-0.05, 0) is 48.7 Å². The summed E-state index contributed by atoms with van der Waals surface area (Å²) in [7, 11) is 0. The number of rotatable bonds is 7. The summed E-state index contributed by atoms with van der Waals surface area (Å²) in [6, 6.07) is 24.1. The number of nitrogens with two attached hydrogens (primary N) is 1. The Hall–Kier alpha value is -4.16. The van der Waals surface area contributed by atoms with Gasteiger partial charge in [-0.25, -0.2) is 4.98 Å². The molecule has 0 unspecified atom stereocenters. The summed E-state index contributed by atoms with van der Waals surface area (Å²) in [6.07, 6.45) is 5.41. The van der Waals surface area contributed by atoms with Gasteiger partial charge in [0.2, 0.25) is 0 Å². The van der Waals surface area contributed by atoms with Gasteiger partial charge < -0.3 is 21.4 Å². The van der Waals surface area contributed by atoms with Crippen LogP contribution in [0.4, 0.5) is 11.4 Å². The molecule has 0 spiro atoms. The number of para-hydroxylation sites is 1. The Morgan fingerprint density at radius 3 is 2.48 bits per heavy atom. The highest BCUT2D eigenvalue weighted by molar-refractivity contribution is 6.37. The van der Waals surface area contributed by atoms with E-state index in [0.29, 0.717) is 12.1 Å². The fourth-order valence-electron chi connectivity index (χ4n) is 4.08. The van der Waals surface area contributed by atoms with Gasteiger partial charge in [0.15, 0.2) is 0 Å². The molecule has 0 saturated heterocycles. The first-order valence-electron chi connectivity index (χ1n) is 11.0. The summed E-state index contributed by atoms with van der Waals surface area (Å²) in [5, 5.41) is 6.50. The molecule has 1 aromatic heterocycles. The normalized spacial score (nSPS) is 14.0. The summed E-state index contributed by atoms with van der Waals surface area (Å²) in [4.78, 5) is 20.3. The van der Waals surface area contributed by atoms with E-state index in [4.69, 9.17) is 5.73 Å². The van der Waals surface area contributed by atoms with E-state index in [9.17, 15) is 4.79 Å². The van der Waals surface area contributed by atoms with Crippen LogP contribution in [0.5, 0.6) is 0 Å². The summed E-state index contributed by atoms with van der Waals surface area (Å²) >= 11 is 0. The van der Waals surface area contributed by atoms with Gasteiger partial charge in [-0.1, -0.05) is 54.6 Å². The first kappa shape index (κ1) is 20.7. The van der Waals surface area contributed by atoms with Crippen molar-refractivity contribution < 1.29 is 4.79 Å². The lowest BCUT2D eigenvalue weighted by atomic mass is 9.98. The molecule has 1 aliphatic heterocycles. The smallest absolute Gasteiger partial charge is 0.258 e. The Morgan fingerprint density at radius 2 is 1.76 bits per heavy atom. The summed E-state index contributed by atoms with van der Waals surface area (Å²) in [5.74, 6) is -0.112. The summed E-state index contributed by atoms with van der Waals surface area (Å²) in [5.41, 5.74) is 13.8. The quantitative estimate of drug-likeness (QED) is 0.311. The van der Waals surface area contributed by atoms with Gasteiger partial charge in [0.05, 0.1) is 23.3 Å². The minimum Gasteiger partial charge on any atom is -0.354 e. The first-order valence-corrected chi connectivity index (χ1v) is 11.0. The van der Waals surface area contributed by atoms with Crippen LogP contribution >= 0.6 is 0 Å². The largest absolute Gasteiger partial charge is 0.354 e. The van der Waals surface area contributed by atoms with Crippen molar-refractivity contribution in [3.63, 3.8) is 0 Å². The van der Waals surface area contributed by atoms with E-state index in [1.807, 2.05) is 54.7 Å². The zero-order valence-electron chi connectivity index (χ0n) is 18.1. The van der Waals surface area contributed by atoms with Crippen molar-refractivity contribution in [3.05, 3.63) is 102 Å². The molecule has 4 aromatic rings. The van der Waals surface area contributed by atoms with E-state index < -0.39 is 0 Å². The Bertz CT molecular complexity index is 1290. The maximum atomic E-state index is 13.0. The average Bonchev–Trinajstić information content (AvgIpc) is 3.50. The second kappa shape index (κ2) is 9.14. The number of aromatic amines is 1. The number of amides is 1. The van der Waals surface area contributed by atoms with E-state index in [1.54, 1.807) is 6.33 Å².